The molecule has 0 aromatic carbocycles. The number of rotatable bonds is 0. The van der Waals surface area contributed by atoms with E-state index in [0.29, 0.717) is 0 Å². The summed E-state index contributed by atoms with van der Waals surface area (Å²) in [7, 11) is 10.9. The van der Waals surface area contributed by atoms with E-state index in [1.54, 1.807) is 20.6 Å². The monoisotopic (exact) mass is 284 g/mol. The zero-order chi connectivity index (χ0) is 9.19. The molecular formula is C7H8S6. The summed E-state index contributed by atoms with van der Waals surface area (Å²) in [5, 5.41) is 2.10. The van der Waals surface area contributed by atoms with Gasteiger partial charge in [-0.1, -0.05) is 52.0 Å². The van der Waals surface area contributed by atoms with Gasteiger partial charge in [-0.3, -0.25) is 0 Å². The number of hydrogen-bond donors (Lipinski definition) is 0. The molecule has 0 unspecified atom stereocenters. The topological polar surface area (TPSA) is 0 Å². The van der Waals surface area contributed by atoms with Gasteiger partial charge in [0.25, 0.3) is 0 Å². The van der Waals surface area contributed by atoms with Crippen molar-refractivity contribution in [2.45, 2.75) is 0 Å². The van der Waals surface area contributed by atoms with Crippen LogP contribution in [-0.2, 0) is 0 Å². The van der Waals surface area contributed by atoms with Crippen LogP contribution in [0.2, 0.25) is 0 Å². The highest BCUT2D eigenvalue weighted by molar-refractivity contribution is 9.42. The average Bonchev–Trinajstić information content (AvgIpc) is 2.18. The smallest absolute Gasteiger partial charge is 0.0229 e. The van der Waals surface area contributed by atoms with Gasteiger partial charge in [0.2, 0.25) is 0 Å². The normalized spacial score (nSPS) is 22.8. The van der Waals surface area contributed by atoms with Crippen LogP contribution in [0, 0.1) is 0 Å². The second-order valence-corrected chi connectivity index (χ2v) is 11.2. The highest BCUT2D eigenvalue weighted by Gasteiger charge is 1.91. The van der Waals surface area contributed by atoms with Crippen molar-refractivity contribution in [1.29, 1.82) is 0 Å². The maximum Gasteiger partial charge on any atom is 0.0229 e. The summed E-state index contributed by atoms with van der Waals surface area (Å²) >= 11 is 0. The molecule has 0 N–H and O–H groups in total. The van der Waals surface area contributed by atoms with Crippen molar-refractivity contribution in [1.82, 2.24) is 0 Å². The fourth-order valence-electron chi connectivity index (χ4n) is 0.488. The first-order chi connectivity index (χ1) is 6.50. The van der Waals surface area contributed by atoms with Crippen LogP contribution in [-0.4, -0.2) is 5.75 Å². The van der Waals surface area contributed by atoms with Crippen molar-refractivity contribution in [3.8, 4) is 0 Å². The second-order valence-electron chi connectivity index (χ2n) is 1.79. The molecule has 0 spiro atoms. The van der Waals surface area contributed by atoms with Gasteiger partial charge < -0.3 is 0 Å². The van der Waals surface area contributed by atoms with E-state index in [-0.39, 0.29) is 0 Å². The molecule has 0 saturated heterocycles. The van der Waals surface area contributed by atoms with Crippen molar-refractivity contribution in [3.05, 3.63) is 35.8 Å². The van der Waals surface area contributed by atoms with Gasteiger partial charge in [-0.15, -0.1) is 0 Å². The molecule has 13 heavy (non-hydrogen) atoms. The molecule has 6 heteroatoms. The van der Waals surface area contributed by atoms with E-state index in [1.165, 1.54) is 0 Å². The molecule has 0 amide bonds. The Morgan fingerprint density at radius 2 is 1.62 bits per heavy atom. The SMILES string of the molecule is C1=C/C=C/SSSSSSCC=C1. The molecular weight excluding hydrogens is 276 g/mol. The van der Waals surface area contributed by atoms with E-state index < -0.39 is 0 Å². The predicted octanol–water partition coefficient (Wildman–Crippen LogP) is 5.60. The van der Waals surface area contributed by atoms with Crippen LogP contribution in [0.4, 0.5) is 0 Å². The van der Waals surface area contributed by atoms with E-state index in [1.807, 2.05) is 40.3 Å². The quantitative estimate of drug-likeness (QED) is 0.527. The molecule has 72 valence electrons. The zero-order valence-electron chi connectivity index (χ0n) is 6.62. The Labute approximate surface area is 102 Å². The molecule has 0 bridgehead atoms. The average molecular weight is 285 g/mol. The Morgan fingerprint density at radius 3 is 2.62 bits per heavy atom. The summed E-state index contributed by atoms with van der Waals surface area (Å²) in [5.74, 6) is 1.07. The highest BCUT2D eigenvalue weighted by atomic mass is 33.9. The Hall–Kier alpha value is 1.32. The van der Waals surface area contributed by atoms with Crippen LogP contribution in [0.3, 0.4) is 0 Å². The highest BCUT2D eigenvalue weighted by Crippen LogP contribution is 2.52. The van der Waals surface area contributed by atoms with Crippen LogP contribution in [0.15, 0.2) is 35.8 Å². The van der Waals surface area contributed by atoms with Crippen molar-refractivity contribution >= 4 is 60.9 Å². The first-order valence-electron chi connectivity index (χ1n) is 3.43. The Kier molecular flexibility index (Phi) is 9.40. The Bertz CT molecular complexity index is 177. The standard InChI is InChI=1S/C7H8S6/c1-2-4-6-8-10-12-13-11-9-7-5-3-1/h1-6H,7H2/b2-1?,5-3?,6-4+. The zero-order valence-corrected chi connectivity index (χ0v) is 11.5. The number of hydrogen-bond acceptors (Lipinski definition) is 6. The van der Waals surface area contributed by atoms with Gasteiger partial charge >= 0.3 is 0 Å². The van der Waals surface area contributed by atoms with Crippen LogP contribution >= 0.6 is 60.9 Å². The van der Waals surface area contributed by atoms with Gasteiger partial charge in [0, 0.05) is 5.75 Å². The third-order valence-electron chi connectivity index (χ3n) is 0.939. The third kappa shape index (κ3) is 8.32. The van der Waals surface area contributed by atoms with Crippen LogP contribution in [0.1, 0.15) is 0 Å². The first kappa shape index (κ1) is 12.4. The lowest BCUT2D eigenvalue weighted by Crippen LogP contribution is -1.60. The Morgan fingerprint density at radius 1 is 0.769 bits per heavy atom. The molecule has 1 aliphatic heterocycles. The van der Waals surface area contributed by atoms with E-state index in [0.717, 1.165) is 5.75 Å². The van der Waals surface area contributed by atoms with Crippen molar-refractivity contribution in [2.24, 2.45) is 0 Å². The molecule has 0 radical (unpaired) electrons. The van der Waals surface area contributed by atoms with Gasteiger partial charge in [-0.2, -0.15) is 0 Å². The largest absolute Gasteiger partial charge is 0.0775 e. The van der Waals surface area contributed by atoms with Gasteiger partial charge in [-0.05, 0) is 44.7 Å². The fourth-order valence-corrected chi connectivity index (χ4v) is 10.9. The van der Waals surface area contributed by atoms with Crippen LogP contribution in [0.25, 0.3) is 0 Å². The molecule has 0 nitrogen and oxygen atoms in total. The van der Waals surface area contributed by atoms with Crippen molar-refractivity contribution in [3.63, 3.8) is 0 Å². The molecule has 1 heterocycles. The predicted molar refractivity (Wildman–Crippen MR) is 77.8 cm³/mol. The minimum Gasteiger partial charge on any atom is -0.0775 e. The molecule has 1 aliphatic rings. The summed E-state index contributed by atoms with van der Waals surface area (Å²) in [6.07, 6.45) is 10.4. The summed E-state index contributed by atoms with van der Waals surface area (Å²) in [5.41, 5.74) is 0. The number of allylic oxidation sites excluding steroid dienone is 4. The summed E-state index contributed by atoms with van der Waals surface area (Å²) in [6.45, 7) is 0. The fraction of sp³-hybridized carbons (Fsp3) is 0.143. The lowest BCUT2D eigenvalue weighted by atomic mass is 10.4. The summed E-state index contributed by atoms with van der Waals surface area (Å²) < 4.78 is 0. The summed E-state index contributed by atoms with van der Waals surface area (Å²) in [4.78, 5) is 0. The minimum absolute atomic E-state index is 1.07. The maximum absolute atomic E-state index is 2.17. The minimum atomic E-state index is 1.07. The van der Waals surface area contributed by atoms with E-state index in [9.17, 15) is 0 Å². The molecule has 0 aromatic heterocycles. The lowest BCUT2D eigenvalue weighted by Gasteiger charge is -1.94. The van der Waals surface area contributed by atoms with Crippen molar-refractivity contribution < 1.29 is 0 Å². The first-order valence-corrected chi connectivity index (χ1v) is 11.1. The van der Waals surface area contributed by atoms with Crippen LogP contribution in [0.5, 0.6) is 0 Å². The second kappa shape index (κ2) is 9.86. The van der Waals surface area contributed by atoms with E-state index >= 15 is 0 Å². The molecule has 0 aromatic rings. The molecule has 0 atom stereocenters. The lowest BCUT2D eigenvalue weighted by molar-refractivity contribution is 1.76. The van der Waals surface area contributed by atoms with Crippen LogP contribution < -0.4 is 0 Å². The van der Waals surface area contributed by atoms with Gasteiger partial charge in [0.1, 0.15) is 0 Å². The molecule has 1 rings (SSSR count). The molecule has 0 aliphatic carbocycles. The van der Waals surface area contributed by atoms with Gasteiger partial charge in [0.15, 0.2) is 0 Å². The van der Waals surface area contributed by atoms with E-state index in [2.05, 4.69) is 35.8 Å². The van der Waals surface area contributed by atoms with Gasteiger partial charge in [0.05, 0.1) is 0 Å². The van der Waals surface area contributed by atoms with Gasteiger partial charge in [-0.25, -0.2) is 0 Å². The molecule has 0 fully saturated rings. The van der Waals surface area contributed by atoms with E-state index in [4.69, 9.17) is 0 Å². The third-order valence-corrected chi connectivity index (χ3v) is 11.2. The Balaban J connectivity index is 2.29. The molecule has 0 saturated carbocycles. The maximum atomic E-state index is 2.17. The van der Waals surface area contributed by atoms with Crippen molar-refractivity contribution in [2.75, 3.05) is 5.75 Å². The summed E-state index contributed by atoms with van der Waals surface area (Å²) in [6, 6.07) is 0.